The predicted molar refractivity (Wildman–Crippen MR) is 82.8 cm³/mol. The number of benzene rings is 1. The lowest BCUT2D eigenvalue weighted by Crippen LogP contribution is -2.50. The molecule has 0 bridgehead atoms. The fourth-order valence-electron chi connectivity index (χ4n) is 2.88. The van der Waals surface area contributed by atoms with Gasteiger partial charge < -0.3 is 10.0 Å². The van der Waals surface area contributed by atoms with Crippen molar-refractivity contribution in [3.63, 3.8) is 0 Å². The third kappa shape index (κ3) is 3.92. The Balaban J connectivity index is 2.11. The number of nitro benzene ring substituents is 1. The molecule has 1 aromatic rings. The van der Waals surface area contributed by atoms with Crippen LogP contribution in [0.4, 0.5) is 11.4 Å². The first-order valence-corrected chi connectivity index (χ1v) is 7.21. The summed E-state index contributed by atoms with van der Waals surface area (Å²) in [7, 11) is 0. The number of aryl methyl sites for hydroxylation is 1. The van der Waals surface area contributed by atoms with Crippen molar-refractivity contribution in [1.29, 1.82) is 0 Å². The van der Waals surface area contributed by atoms with Crippen molar-refractivity contribution < 1.29 is 10.0 Å². The topological polar surface area (TPSA) is 69.9 Å². The molecular weight excluding hydrogens is 270 g/mol. The highest BCUT2D eigenvalue weighted by molar-refractivity contribution is 5.67. The average Bonchev–Trinajstić information content (AvgIpc) is 2.37. The van der Waals surface area contributed by atoms with Gasteiger partial charge in [0.15, 0.2) is 0 Å². The smallest absolute Gasteiger partial charge is 0.292 e. The summed E-state index contributed by atoms with van der Waals surface area (Å²) in [5.74, 6) is 0. The minimum absolute atomic E-state index is 0.172. The molecule has 0 aromatic heterocycles. The second kappa shape index (κ2) is 5.99. The molecule has 1 saturated heterocycles. The van der Waals surface area contributed by atoms with Crippen LogP contribution < -0.4 is 4.90 Å². The molecule has 21 heavy (non-hydrogen) atoms. The molecule has 0 amide bonds. The van der Waals surface area contributed by atoms with Crippen molar-refractivity contribution in [3.8, 4) is 0 Å². The van der Waals surface area contributed by atoms with Gasteiger partial charge in [-0.1, -0.05) is 12.1 Å². The Kier molecular flexibility index (Phi) is 4.49. The van der Waals surface area contributed by atoms with Gasteiger partial charge >= 0.3 is 0 Å². The van der Waals surface area contributed by atoms with Gasteiger partial charge in [0.05, 0.1) is 10.5 Å². The van der Waals surface area contributed by atoms with E-state index in [9.17, 15) is 15.2 Å². The third-order valence-electron chi connectivity index (χ3n) is 3.71. The maximum Gasteiger partial charge on any atom is 0.292 e. The molecule has 116 valence electrons. The van der Waals surface area contributed by atoms with Crippen LogP contribution in [0.2, 0.25) is 0 Å². The van der Waals surface area contributed by atoms with E-state index < -0.39 is 5.60 Å². The number of para-hydroxylation sites is 1. The standard InChI is InChI=1S/C15H23N3O3/c1-12-5-4-6-13(18(20)21)14(12)17-9-7-16(8-10-17)11-15(2,3)19/h4-6,19H,7-11H2,1-3H3. The maximum atomic E-state index is 11.2. The minimum atomic E-state index is -0.711. The van der Waals surface area contributed by atoms with Gasteiger partial charge in [0.2, 0.25) is 0 Å². The van der Waals surface area contributed by atoms with E-state index in [1.54, 1.807) is 26.0 Å². The van der Waals surface area contributed by atoms with Gasteiger partial charge in [-0.15, -0.1) is 0 Å². The molecule has 6 heteroatoms. The lowest BCUT2D eigenvalue weighted by Gasteiger charge is -2.38. The molecule has 1 aliphatic heterocycles. The van der Waals surface area contributed by atoms with Crippen LogP contribution >= 0.6 is 0 Å². The highest BCUT2D eigenvalue weighted by atomic mass is 16.6. The number of rotatable bonds is 4. The van der Waals surface area contributed by atoms with E-state index in [2.05, 4.69) is 9.80 Å². The first-order valence-electron chi connectivity index (χ1n) is 7.21. The van der Waals surface area contributed by atoms with E-state index in [0.29, 0.717) is 6.54 Å². The summed E-state index contributed by atoms with van der Waals surface area (Å²) in [6.07, 6.45) is 0. The van der Waals surface area contributed by atoms with Crippen LogP contribution in [-0.2, 0) is 0 Å². The second-order valence-corrected chi connectivity index (χ2v) is 6.28. The van der Waals surface area contributed by atoms with Gasteiger partial charge in [-0.25, -0.2) is 0 Å². The average molecular weight is 293 g/mol. The Morgan fingerprint density at radius 3 is 2.43 bits per heavy atom. The minimum Gasteiger partial charge on any atom is -0.389 e. The summed E-state index contributed by atoms with van der Waals surface area (Å²) in [5.41, 5.74) is 1.12. The van der Waals surface area contributed by atoms with Gasteiger partial charge in [-0.2, -0.15) is 0 Å². The zero-order chi connectivity index (χ0) is 15.6. The van der Waals surface area contributed by atoms with Crippen molar-refractivity contribution in [1.82, 2.24) is 4.90 Å². The molecule has 1 N–H and O–H groups in total. The SMILES string of the molecule is Cc1cccc([N+](=O)[O-])c1N1CCN(CC(C)(C)O)CC1. The molecule has 0 spiro atoms. The number of aliphatic hydroxyl groups is 1. The number of hydrogen-bond acceptors (Lipinski definition) is 5. The van der Waals surface area contributed by atoms with Crippen LogP contribution in [0.1, 0.15) is 19.4 Å². The van der Waals surface area contributed by atoms with Gasteiger partial charge in [0.1, 0.15) is 5.69 Å². The Hall–Kier alpha value is -1.66. The van der Waals surface area contributed by atoms with Crippen LogP contribution in [0.5, 0.6) is 0 Å². The summed E-state index contributed by atoms with van der Waals surface area (Å²) in [6.45, 7) is 9.20. The fraction of sp³-hybridized carbons (Fsp3) is 0.600. The molecule has 1 aliphatic rings. The Morgan fingerprint density at radius 2 is 1.90 bits per heavy atom. The molecule has 0 radical (unpaired) electrons. The normalized spacial score (nSPS) is 17.0. The molecule has 1 heterocycles. The van der Waals surface area contributed by atoms with Crippen molar-refractivity contribution in [2.75, 3.05) is 37.6 Å². The van der Waals surface area contributed by atoms with Crippen LogP contribution in [0.15, 0.2) is 18.2 Å². The molecule has 2 rings (SSSR count). The first kappa shape index (κ1) is 15.7. The van der Waals surface area contributed by atoms with Crippen LogP contribution in [0.3, 0.4) is 0 Å². The number of hydrogen-bond donors (Lipinski definition) is 1. The van der Waals surface area contributed by atoms with E-state index in [0.717, 1.165) is 37.4 Å². The number of β-amino-alcohol motifs (C(OH)–C–C–N with tert-alkyl or cyclic N) is 1. The number of nitrogens with zero attached hydrogens (tertiary/aromatic N) is 3. The molecule has 0 unspecified atom stereocenters. The van der Waals surface area contributed by atoms with E-state index in [-0.39, 0.29) is 10.6 Å². The summed E-state index contributed by atoms with van der Waals surface area (Å²) in [5, 5.41) is 21.1. The molecular formula is C15H23N3O3. The van der Waals surface area contributed by atoms with Crippen molar-refractivity contribution in [2.24, 2.45) is 0 Å². The first-order chi connectivity index (χ1) is 9.78. The van der Waals surface area contributed by atoms with E-state index in [4.69, 9.17) is 0 Å². The predicted octanol–water partition coefficient (Wildman–Crippen LogP) is 1.80. The molecule has 0 saturated carbocycles. The van der Waals surface area contributed by atoms with Crippen molar-refractivity contribution >= 4 is 11.4 Å². The number of anilines is 1. The van der Waals surface area contributed by atoms with Crippen molar-refractivity contribution in [3.05, 3.63) is 33.9 Å². The van der Waals surface area contributed by atoms with E-state index in [1.807, 2.05) is 13.0 Å². The zero-order valence-electron chi connectivity index (χ0n) is 12.9. The van der Waals surface area contributed by atoms with Gasteiger partial charge in [-0.05, 0) is 26.3 Å². The number of nitro groups is 1. The summed E-state index contributed by atoms with van der Waals surface area (Å²) < 4.78 is 0. The quantitative estimate of drug-likeness (QED) is 0.677. The van der Waals surface area contributed by atoms with Gasteiger partial charge in [-0.3, -0.25) is 15.0 Å². The third-order valence-corrected chi connectivity index (χ3v) is 3.71. The lowest BCUT2D eigenvalue weighted by molar-refractivity contribution is -0.384. The zero-order valence-corrected chi connectivity index (χ0v) is 12.9. The van der Waals surface area contributed by atoms with E-state index >= 15 is 0 Å². The molecule has 1 aromatic carbocycles. The molecule has 0 atom stereocenters. The van der Waals surface area contributed by atoms with Crippen LogP contribution in [0.25, 0.3) is 0 Å². The summed E-state index contributed by atoms with van der Waals surface area (Å²) in [4.78, 5) is 15.2. The highest BCUT2D eigenvalue weighted by Crippen LogP contribution is 2.32. The van der Waals surface area contributed by atoms with Crippen molar-refractivity contribution in [2.45, 2.75) is 26.4 Å². The summed E-state index contributed by atoms with van der Waals surface area (Å²) in [6, 6.07) is 5.19. The van der Waals surface area contributed by atoms with Crippen LogP contribution in [0, 0.1) is 17.0 Å². The molecule has 6 nitrogen and oxygen atoms in total. The van der Waals surface area contributed by atoms with Crippen LogP contribution in [-0.4, -0.2) is 53.3 Å². The lowest BCUT2D eigenvalue weighted by atomic mass is 10.1. The largest absolute Gasteiger partial charge is 0.389 e. The van der Waals surface area contributed by atoms with Gasteiger partial charge in [0, 0.05) is 38.8 Å². The Morgan fingerprint density at radius 1 is 1.29 bits per heavy atom. The summed E-state index contributed by atoms with van der Waals surface area (Å²) >= 11 is 0. The fourth-order valence-corrected chi connectivity index (χ4v) is 2.88. The maximum absolute atomic E-state index is 11.2. The van der Waals surface area contributed by atoms with Gasteiger partial charge in [0.25, 0.3) is 5.69 Å². The Bertz CT molecular complexity index is 517. The second-order valence-electron chi connectivity index (χ2n) is 6.28. The molecule has 0 aliphatic carbocycles. The monoisotopic (exact) mass is 293 g/mol. The Labute approximate surface area is 125 Å². The molecule has 1 fully saturated rings. The highest BCUT2D eigenvalue weighted by Gasteiger charge is 2.27. The van der Waals surface area contributed by atoms with E-state index in [1.165, 1.54) is 0 Å². The number of piperazine rings is 1.